The molecule has 1 fully saturated rings. The Kier molecular flexibility index (Phi) is 4.69. The van der Waals surface area contributed by atoms with E-state index in [4.69, 9.17) is 0 Å². The summed E-state index contributed by atoms with van der Waals surface area (Å²) in [5.74, 6) is -0.166. The number of rotatable bonds is 5. The van der Waals surface area contributed by atoms with Crippen LogP contribution in [0.5, 0.6) is 0 Å². The molecule has 0 saturated carbocycles. The van der Waals surface area contributed by atoms with Gasteiger partial charge in [-0.3, -0.25) is 0 Å². The molecule has 0 radical (unpaired) electrons. The molecule has 1 heterocycles. The molecule has 8 heteroatoms. The van der Waals surface area contributed by atoms with Crippen LogP contribution in [0.15, 0.2) is 23.1 Å². The Morgan fingerprint density at radius 3 is 2.67 bits per heavy atom. The summed E-state index contributed by atoms with van der Waals surface area (Å²) < 4.78 is 62.3. The topological polar surface area (TPSA) is 80.3 Å². The van der Waals surface area contributed by atoms with Crippen LogP contribution in [0.25, 0.3) is 0 Å². The molecule has 0 amide bonds. The van der Waals surface area contributed by atoms with Gasteiger partial charge in [-0.2, -0.15) is 0 Å². The van der Waals surface area contributed by atoms with Gasteiger partial charge in [0, 0.05) is 6.54 Å². The second kappa shape index (κ2) is 6.02. The van der Waals surface area contributed by atoms with Gasteiger partial charge in [-0.1, -0.05) is 0 Å². The van der Waals surface area contributed by atoms with Gasteiger partial charge in [-0.15, -0.1) is 0 Å². The van der Waals surface area contributed by atoms with Gasteiger partial charge < -0.3 is 0 Å². The molecule has 1 aliphatic heterocycles. The monoisotopic (exact) mass is 335 g/mol. The molecule has 118 valence electrons. The average molecular weight is 335 g/mol. The van der Waals surface area contributed by atoms with Gasteiger partial charge >= 0.3 is 0 Å². The third kappa shape index (κ3) is 4.24. The second-order valence-corrected chi connectivity index (χ2v) is 9.33. The molecule has 5 nitrogen and oxygen atoms in total. The fourth-order valence-corrected chi connectivity index (χ4v) is 5.67. The van der Waals surface area contributed by atoms with Crippen LogP contribution in [0.1, 0.15) is 18.4 Å². The van der Waals surface area contributed by atoms with E-state index in [1.165, 1.54) is 13.0 Å². The zero-order valence-electron chi connectivity index (χ0n) is 11.7. The molecule has 1 unspecified atom stereocenters. The summed E-state index contributed by atoms with van der Waals surface area (Å²) in [6.07, 6.45) is 1.07. The standard InChI is InChI=1S/C13H18FNO4S2/c1-10-8-12(14)2-3-13(10)21(18,19)15-6-4-11-5-7-20(16,17)9-11/h2-3,8,11,15H,4-7,9H2,1H3. The molecule has 2 rings (SSSR count). The first-order valence-electron chi connectivity index (χ1n) is 6.66. The first-order valence-corrected chi connectivity index (χ1v) is 9.96. The zero-order valence-corrected chi connectivity index (χ0v) is 13.3. The smallest absolute Gasteiger partial charge is 0.229 e. The minimum absolute atomic E-state index is 0.00650. The number of halogens is 1. The van der Waals surface area contributed by atoms with E-state index in [1.807, 2.05) is 0 Å². The van der Waals surface area contributed by atoms with E-state index < -0.39 is 25.7 Å². The summed E-state index contributed by atoms with van der Waals surface area (Å²) >= 11 is 0. The molecule has 0 aromatic heterocycles. The van der Waals surface area contributed by atoms with E-state index in [9.17, 15) is 21.2 Å². The average Bonchev–Trinajstić information content (AvgIpc) is 2.68. The third-order valence-corrected chi connectivity index (χ3v) is 7.06. The number of sulfone groups is 1. The number of sulfonamides is 1. The maximum Gasteiger partial charge on any atom is 0.240 e. The fraction of sp³-hybridized carbons (Fsp3) is 0.538. The molecule has 0 bridgehead atoms. The lowest BCUT2D eigenvalue weighted by Crippen LogP contribution is -2.27. The highest BCUT2D eigenvalue weighted by molar-refractivity contribution is 7.91. The first-order chi connectivity index (χ1) is 9.70. The van der Waals surface area contributed by atoms with Crippen LogP contribution in [0.3, 0.4) is 0 Å². The Labute approximate surface area is 124 Å². The summed E-state index contributed by atoms with van der Waals surface area (Å²) in [5, 5.41) is 0. The fourth-order valence-electron chi connectivity index (χ4n) is 2.49. The van der Waals surface area contributed by atoms with E-state index in [1.54, 1.807) is 0 Å². The lowest BCUT2D eigenvalue weighted by Gasteiger charge is -2.11. The largest absolute Gasteiger partial charge is 0.240 e. The Morgan fingerprint density at radius 1 is 1.38 bits per heavy atom. The predicted octanol–water partition coefficient (Wildman–Crippen LogP) is 1.24. The van der Waals surface area contributed by atoms with Crippen molar-refractivity contribution in [3.05, 3.63) is 29.6 Å². The van der Waals surface area contributed by atoms with Crippen LogP contribution in [0.2, 0.25) is 0 Å². The number of hydrogen-bond donors (Lipinski definition) is 1. The van der Waals surface area contributed by atoms with Crippen LogP contribution >= 0.6 is 0 Å². The predicted molar refractivity (Wildman–Crippen MR) is 77.7 cm³/mol. The number of hydrogen-bond acceptors (Lipinski definition) is 4. The molecule has 1 aromatic carbocycles. The number of benzene rings is 1. The molecule has 21 heavy (non-hydrogen) atoms. The molecule has 0 aliphatic carbocycles. The van der Waals surface area contributed by atoms with Crippen molar-refractivity contribution in [1.29, 1.82) is 0 Å². The molecule has 1 atom stereocenters. The van der Waals surface area contributed by atoms with Crippen molar-refractivity contribution in [3.63, 3.8) is 0 Å². The van der Waals surface area contributed by atoms with Crippen LogP contribution in [0.4, 0.5) is 4.39 Å². The van der Waals surface area contributed by atoms with E-state index in [0.29, 0.717) is 18.4 Å². The van der Waals surface area contributed by atoms with Gasteiger partial charge in [0.05, 0.1) is 16.4 Å². The summed E-state index contributed by atoms with van der Waals surface area (Å²) in [4.78, 5) is 0.0444. The van der Waals surface area contributed by atoms with Crippen molar-refractivity contribution in [3.8, 4) is 0 Å². The van der Waals surface area contributed by atoms with Gasteiger partial charge in [0.15, 0.2) is 9.84 Å². The SMILES string of the molecule is Cc1cc(F)ccc1S(=O)(=O)NCCC1CCS(=O)(=O)C1. The molecule has 1 aromatic rings. The Morgan fingerprint density at radius 2 is 2.10 bits per heavy atom. The molecular formula is C13H18FNO4S2. The lowest BCUT2D eigenvalue weighted by atomic mass is 10.1. The summed E-state index contributed by atoms with van der Waals surface area (Å²) in [5.41, 5.74) is 0.339. The van der Waals surface area contributed by atoms with Crippen molar-refractivity contribution < 1.29 is 21.2 Å². The van der Waals surface area contributed by atoms with Crippen LogP contribution in [-0.2, 0) is 19.9 Å². The molecule has 0 spiro atoms. The van der Waals surface area contributed by atoms with E-state index in [-0.39, 0.29) is 28.9 Å². The van der Waals surface area contributed by atoms with Gasteiger partial charge in [0.1, 0.15) is 5.82 Å². The first kappa shape index (κ1) is 16.4. The second-order valence-electron chi connectivity index (χ2n) is 5.37. The Hall–Kier alpha value is -0.990. The highest BCUT2D eigenvalue weighted by Crippen LogP contribution is 2.21. The van der Waals surface area contributed by atoms with Gasteiger partial charge in [0.25, 0.3) is 0 Å². The van der Waals surface area contributed by atoms with Crippen LogP contribution in [0, 0.1) is 18.7 Å². The van der Waals surface area contributed by atoms with Crippen LogP contribution < -0.4 is 4.72 Å². The van der Waals surface area contributed by atoms with E-state index in [0.717, 1.165) is 12.1 Å². The summed E-state index contributed by atoms with van der Waals surface area (Å²) in [7, 11) is -6.64. The third-order valence-electron chi connectivity index (χ3n) is 3.60. The van der Waals surface area contributed by atoms with Gasteiger partial charge in [-0.25, -0.2) is 25.9 Å². The van der Waals surface area contributed by atoms with Crippen molar-refractivity contribution in [2.75, 3.05) is 18.1 Å². The van der Waals surface area contributed by atoms with Crippen molar-refractivity contribution in [2.45, 2.75) is 24.7 Å². The van der Waals surface area contributed by atoms with Crippen molar-refractivity contribution >= 4 is 19.9 Å². The van der Waals surface area contributed by atoms with Crippen molar-refractivity contribution in [1.82, 2.24) is 4.72 Å². The minimum atomic E-state index is -3.69. The van der Waals surface area contributed by atoms with E-state index in [2.05, 4.69) is 4.72 Å². The molecular weight excluding hydrogens is 317 g/mol. The van der Waals surface area contributed by atoms with Gasteiger partial charge in [0.2, 0.25) is 10.0 Å². The molecule has 1 aliphatic rings. The maximum absolute atomic E-state index is 13.0. The highest BCUT2D eigenvalue weighted by atomic mass is 32.2. The number of nitrogens with one attached hydrogen (secondary N) is 1. The maximum atomic E-state index is 13.0. The Bertz CT molecular complexity index is 729. The lowest BCUT2D eigenvalue weighted by molar-refractivity contribution is 0.527. The van der Waals surface area contributed by atoms with Gasteiger partial charge in [-0.05, 0) is 49.4 Å². The summed E-state index contributed by atoms with van der Waals surface area (Å²) in [6, 6.07) is 3.50. The summed E-state index contributed by atoms with van der Waals surface area (Å²) in [6.45, 7) is 1.71. The van der Waals surface area contributed by atoms with E-state index >= 15 is 0 Å². The highest BCUT2D eigenvalue weighted by Gasteiger charge is 2.27. The van der Waals surface area contributed by atoms with Crippen molar-refractivity contribution in [2.24, 2.45) is 5.92 Å². The number of aryl methyl sites for hydroxylation is 1. The normalized spacial score (nSPS) is 21.5. The Balaban J connectivity index is 1.96. The quantitative estimate of drug-likeness (QED) is 0.878. The molecule has 1 saturated heterocycles. The zero-order chi connectivity index (χ0) is 15.7. The molecule has 1 N–H and O–H groups in total. The minimum Gasteiger partial charge on any atom is -0.229 e. The van der Waals surface area contributed by atoms with Crippen LogP contribution in [-0.4, -0.2) is 34.9 Å².